The summed E-state index contributed by atoms with van der Waals surface area (Å²) in [6.45, 7) is 11.2. The Bertz CT molecular complexity index is 304. The van der Waals surface area contributed by atoms with Crippen molar-refractivity contribution in [1.29, 1.82) is 0 Å². The van der Waals surface area contributed by atoms with Gasteiger partial charge in [-0.15, -0.1) is 0 Å². The van der Waals surface area contributed by atoms with E-state index >= 15 is 0 Å². The van der Waals surface area contributed by atoms with Crippen molar-refractivity contribution in [1.82, 2.24) is 15.1 Å². The highest BCUT2D eigenvalue weighted by Crippen LogP contribution is 2.36. The zero-order chi connectivity index (χ0) is 15.9. The van der Waals surface area contributed by atoms with Gasteiger partial charge in [-0.1, -0.05) is 27.2 Å². The minimum absolute atomic E-state index is 0.110. The zero-order valence-electron chi connectivity index (χ0n) is 14.7. The molecule has 0 aliphatic carbocycles. The van der Waals surface area contributed by atoms with Crippen LogP contribution in [0.15, 0.2) is 0 Å². The van der Waals surface area contributed by atoms with Crippen molar-refractivity contribution in [2.75, 3.05) is 46.8 Å². The average Bonchev–Trinajstić information content (AvgIpc) is 2.43. The molecule has 0 aromatic rings. The van der Waals surface area contributed by atoms with Gasteiger partial charge in [-0.25, -0.2) is 0 Å². The fourth-order valence-corrected chi connectivity index (χ4v) is 3.33. The predicted octanol–water partition coefficient (Wildman–Crippen LogP) is 2.20. The fourth-order valence-electron chi connectivity index (χ4n) is 3.33. The van der Waals surface area contributed by atoms with Gasteiger partial charge in [0.1, 0.15) is 0 Å². The molecule has 21 heavy (non-hydrogen) atoms. The molecule has 1 aliphatic rings. The quantitative estimate of drug-likeness (QED) is 0.746. The Kier molecular flexibility index (Phi) is 7.67. The molecule has 1 saturated heterocycles. The Labute approximate surface area is 131 Å². The molecule has 0 saturated carbocycles. The zero-order valence-corrected chi connectivity index (χ0v) is 14.7. The first-order valence-electron chi connectivity index (χ1n) is 8.56. The number of carbonyl (C=O) groups is 1. The molecule has 1 heterocycles. The van der Waals surface area contributed by atoms with Crippen molar-refractivity contribution in [3.63, 3.8) is 0 Å². The van der Waals surface area contributed by atoms with E-state index in [0.29, 0.717) is 11.8 Å². The van der Waals surface area contributed by atoms with Crippen LogP contribution in [0.1, 0.15) is 46.5 Å². The highest BCUT2D eigenvalue weighted by Gasteiger charge is 2.41. The summed E-state index contributed by atoms with van der Waals surface area (Å²) in [4.78, 5) is 17.5. The van der Waals surface area contributed by atoms with E-state index in [0.717, 1.165) is 58.4 Å². The Hall–Kier alpha value is -0.610. The smallest absolute Gasteiger partial charge is 0.228 e. The summed E-state index contributed by atoms with van der Waals surface area (Å²) in [6.07, 6.45) is 4.12. The minimum Gasteiger partial charge on any atom is -0.341 e. The minimum atomic E-state index is -0.110. The SMILES string of the molecule is CCCC1(C(=O)N(CCN(C)C)CC(C)C)CCNCC1. The number of amides is 1. The van der Waals surface area contributed by atoms with Crippen LogP contribution in [0.25, 0.3) is 0 Å². The Balaban J connectivity index is 2.83. The number of carbonyl (C=O) groups excluding carboxylic acids is 1. The van der Waals surface area contributed by atoms with Gasteiger partial charge in [-0.05, 0) is 52.4 Å². The molecule has 1 N–H and O–H groups in total. The highest BCUT2D eigenvalue weighted by molar-refractivity contribution is 5.83. The molecule has 0 spiro atoms. The molecule has 1 fully saturated rings. The van der Waals surface area contributed by atoms with Crippen LogP contribution in [0.5, 0.6) is 0 Å². The maximum Gasteiger partial charge on any atom is 0.228 e. The van der Waals surface area contributed by atoms with Crippen LogP contribution in [0.4, 0.5) is 0 Å². The van der Waals surface area contributed by atoms with Crippen LogP contribution < -0.4 is 5.32 Å². The summed E-state index contributed by atoms with van der Waals surface area (Å²) in [7, 11) is 4.15. The molecular formula is C17H35N3O. The lowest BCUT2D eigenvalue weighted by Crippen LogP contribution is -2.51. The molecule has 0 bridgehead atoms. The molecule has 124 valence electrons. The van der Waals surface area contributed by atoms with Gasteiger partial charge in [-0.3, -0.25) is 4.79 Å². The topological polar surface area (TPSA) is 35.6 Å². The molecule has 4 heteroatoms. The lowest BCUT2D eigenvalue weighted by Gasteiger charge is -2.41. The number of likely N-dealkylation sites (N-methyl/N-ethyl adjacent to an activating group) is 1. The van der Waals surface area contributed by atoms with Crippen molar-refractivity contribution < 1.29 is 4.79 Å². The molecular weight excluding hydrogens is 262 g/mol. The lowest BCUT2D eigenvalue weighted by atomic mass is 9.74. The van der Waals surface area contributed by atoms with Gasteiger partial charge in [0.05, 0.1) is 5.41 Å². The Morgan fingerprint density at radius 3 is 2.29 bits per heavy atom. The molecule has 1 aliphatic heterocycles. The van der Waals surface area contributed by atoms with Crippen molar-refractivity contribution in [2.24, 2.45) is 11.3 Å². The average molecular weight is 297 g/mol. The largest absolute Gasteiger partial charge is 0.341 e. The van der Waals surface area contributed by atoms with E-state index < -0.39 is 0 Å². The monoisotopic (exact) mass is 297 g/mol. The van der Waals surface area contributed by atoms with Crippen LogP contribution in [0.2, 0.25) is 0 Å². The molecule has 0 aromatic carbocycles. The molecule has 0 atom stereocenters. The number of nitrogens with one attached hydrogen (secondary N) is 1. The van der Waals surface area contributed by atoms with Crippen molar-refractivity contribution in [2.45, 2.75) is 46.5 Å². The molecule has 0 radical (unpaired) electrons. The summed E-state index contributed by atoms with van der Waals surface area (Å²) in [5, 5.41) is 3.40. The Morgan fingerprint density at radius 2 is 1.81 bits per heavy atom. The summed E-state index contributed by atoms with van der Waals surface area (Å²) >= 11 is 0. The summed E-state index contributed by atoms with van der Waals surface area (Å²) in [5.41, 5.74) is -0.110. The second-order valence-electron chi connectivity index (χ2n) is 7.23. The van der Waals surface area contributed by atoms with E-state index in [1.54, 1.807) is 0 Å². The van der Waals surface area contributed by atoms with E-state index in [-0.39, 0.29) is 5.41 Å². The maximum atomic E-state index is 13.2. The van der Waals surface area contributed by atoms with Crippen LogP contribution in [0.3, 0.4) is 0 Å². The third-order valence-electron chi connectivity index (χ3n) is 4.43. The Morgan fingerprint density at radius 1 is 1.19 bits per heavy atom. The van der Waals surface area contributed by atoms with E-state index in [1.807, 2.05) is 0 Å². The van der Waals surface area contributed by atoms with E-state index in [2.05, 4.69) is 50.0 Å². The van der Waals surface area contributed by atoms with E-state index in [9.17, 15) is 4.79 Å². The second-order valence-corrected chi connectivity index (χ2v) is 7.23. The molecule has 0 aromatic heterocycles. The molecule has 1 amide bonds. The number of piperidine rings is 1. The first kappa shape index (κ1) is 18.4. The van der Waals surface area contributed by atoms with Crippen LogP contribution in [0, 0.1) is 11.3 Å². The summed E-state index contributed by atoms with van der Waals surface area (Å²) < 4.78 is 0. The number of hydrogen-bond donors (Lipinski definition) is 1. The van der Waals surface area contributed by atoms with Gasteiger partial charge in [0.15, 0.2) is 0 Å². The van der Waals surface area contributed by atoms with Gasteiger partial charge in [0.25, 0.3) is 0 Å². The molecule has 4 nitrogen and oxygen atoms in total. The van der Waals surface area contributed by atoms with Crippen molar-refractivity contribution in [3.8, 4) is 0 Å². The molecule has 0 unspecified atom stereocenters. The van der Waals surface area contributed by atoms with Gasteiger partial charge >= 0.3 is 0 Å². The van der Waals surface area contributed by atoms with Gasteiger partial charge in [-0.2, -0.15) is 0 Å². The second kappa shape index (κ2) is 8.74. The first-order chi connectivity index (χ1) is 9.91. The van der Waals surface area contributed by atoms with Crippen LogP contribution in [-0.4, -0.2) is 62.5 Å². The lowest BCUT2D eigenvalue weighted by molar-refractivity contribution is -0.145. The normalized spacial score (nSPS) is 18.2. The number of hydrogen-bond acceptors (Lipinski definition) is 3. The van der Waals surface area contributed by atoms with Crippen LogP contribution in [-0.2, 0) is 4.79 Å². The fraction of sp³-hybridized carbons (Fsp3) is 0.941. The molecule has 1 rings (SSSR count). The summed E-state index contributed by atoms with van der Waals surface area (Å²) in [6, 6.07) is 0. The van der Waals surface area contributed by atoms with Crippen molar-refractivity contribution in [3.05, 3.63) is 0 Å². The standard InChI is InChI=1S/C17H35N3O/c1-6-7-17(8-10-18-11-9-17)16(21)20(14-15(2)3)13-12-19(4)5/h15,18H,6-14H2,1-5H3. The third kappa shape index (κ3) is 5.59. The van der Waals surface area contributed by atoms with E-state index in [1.165, 1.54) is 0 Å². The van der Waals surface area contributed by atoms with Gasteiger partial charge < -0.3 is 15.1 Å². The number of nitrogens with zero attached hydrogens (tertiary/aromatic N) is 2. The first-order valence-corrected chi connectivity index (χ1v) is 8.56. The van der Waals surface area contributed by atoms with Crippen molar-refractivity contribution >= 4 is 5.91 Å². The highest BCUT2D eigenvalue weighted by atomic mass is 16.2. The maximum absolute atomic E-state index is 13.2. The van der Waals surface area contributed by atoms with Gasteiger partial charge in [0.2, 0.25) is 5.91 Å². The summed E-state index contributed by atoms with van der Waals surface area (Å²) in [5.74, 6) is 0.929. The van der Waals surface area contributed by atoms with E-state index in [4.69, 9.17) is 0 Å². The van der Waals surface area contributed by atoms with Crippen LogP contribution >= 0.6 is 0 Å². The van der Waals surface area contributed by atoms with Gasteiger partial charge in [0, 0.05) is 19.6 Å². The predicted molar refractivity (Wildman–Crippen MR) is 89.4 cm³/mol. The number of rotatable bonds is 8. The third-order valence-corrected chi connectivity index (χ3v) is 4.43.